The third-order valence-electron chi connectivity index (χ3n) is 2.94. The Morgan fingerprint density at radius 3 is 2.55 bits per heavy atom. The largest absolute Gasteiger partial charge is 0.508 e. The molecule has 1 aromatic heterocycles. The minimum Gasteiger partial charge on any atom is -0.508 e. The molecule has 0 aliphatic rings. The summed E-state index contributed by atoms with van der Waals surface area (Å²) in [6.07, 6.45) is 0. The van der Waals surface area contributed by atoms with E-state index in [0.29, 0.717) is 15.8 Å². The van der Waals surface area contributed by atoms with E-state index in [4.69, 9.17) is 11.6 Å². The van der Waals surface area contributed by atoms with Crippen LogP contribution in [0.5, 0.6) is 5.75 Å². The van der Waals surface area contributed by atoms with Crippen LogP contribution in [0.2, 0.25) is 5.02 Å². The molecular formula is C15H11ClN4OS. The number of halogens is 1. The number of rotatable bonds is 3. The predicted molar refractivity (Wildman–Crippen MR) is 87.4 cm³/mol. The summed E-state index contributed by atoms with van der Waals surface area (Å²) in [5.74, 6) is 0.236. The summed E-state index contributed by atoms with van der Waals surface area (Å²) >= 11 is 7.21. The second kappa shape index (κ2) is 6.21. The summed E-state index contributed by atoms with van der Waals surface area (Å²) in [4.78, 5) is 0. The minimum absolute atomic E-state index is 0.236. The fraction of sp³-hybridized carbons (Fsp3) is 0.0667. The molecule has 0 aliphatic heterocycles. The monoisotopic (exact) mass is 330 g/mol. The Morgan fingerprint density at radius 2 is 1.82 bits per heavy atom. The maximum Gasteiger partial charge on any atom is 0.252 e. The number of hydrogen-bond acceptors (Lipinski definition) is 6. The van der Waals surface area contributed by atoms with E-state index < -0.39 is 0 Å². The quantitative estimate of drug-likeness (QED) is 0.663. The van der Waals surface area contributed by atoms with E-state index in [1.807, 2.05) is 12.1 Å². The number of benzene rings is 2. The minimum atomic E-state index is 0.236. The van der Waals surface area contributed by atoms with Crippen molar-refractivity contribution in [2.45, 2.75) is 6.92 Å². The molecule has 0 radical (unpaired) electrons. The summed E-state index contributed by atoms with van der Waals surface area (Å²) in [6.45, 7) is 1.80. The highest BCUT2D eigenvalue weighted by molar-refractivity contribution is 7.18. The lowest BCUT2D eigenvalue weighted by molar-refractivity contribution is 0.471. The zero-order valence-electron chi connectivity index (χ0n) is 11.6. The van der Waals surface area contributed by atoms with Crippen LogP contribution < -0.4 is 0 Å². The van der Waals surface area contributed by atoms with Crippen molar-refractivity contribution in [2.24, 2.45) is 10.2 Å². The van der Waals surface area contributed by atoms with Crippen molar-refractivity contribution in [1.29, 1.82) is 0 Å². The van der Waals surface area contributed by atoms with Gasteiger partial charge in [-0.3, -0.25) is 0 Å². The van der Waals surface area contributed by atoms with Crippen LogP contribution >= 0.6 is 22.9 Å². The molecule has 0 amide bonds. The maximum atomic E-state index is 9.48. The molecule has 0 atom stereocenters. The van der Waals surface area contributed by atoms with Crippen molar-refractivity contribution in [3.05, 3.63) is 53.1 Å². The van der Waals surface area contributed by atoms with Crippen LogP contribution in [0.4, 0.5) is 10.8 Å². The number of aromatic nitrogens is 2. The molecule has 22 heavy (non-hydrogen) atoms. The molecule has 0 fully saturated rings. The molecule has 3 aromatic rings. The lowest BCUT2D eigenvalue weighted by atomic mass is 10.2. The van der Waals surface area contributed by atoms with Crippen molar-refractivity contribution in [2.75, 3.05) is 0 Å². The van der Waals surface area contributed by atoms with Gasteiger partial charge in [0.2, 0.25) is 0 Å². The van der Waals surface area contributed by atoms with Crippen LogP contribution in [-0.2, 0) is 0 Å². The first-order chi connectivity index (χ1) is 10.6. The molecule has 110 valence electrons. The Hall–Kier alpha value is -2.31. The molecular weight excluding hydrogens is 320 g/mol. The Balaban J connectivity index is 1.80. The van der Waals surface area contributed by atoms with Gasteiger partial charge in [-0.1, -0.05) is 35.1 Å². The van der Waals surface area contributed by atoms with Crippen LogP contribution in [0.1, 0.15) is 5.56 Å². The van der Waals surface area contributed by atoms with Gasteiger partial charge in [-0.15, -0.1) is 20.4 Å². The first kappa shape index (κ1) is 14.6. The van der Waals surface area contributed by atoms with E-state index in [2.05, 4.69) is 20.4 Å². The van der Waals surface area contributed by atoms with Crippen molar-refractivity contribution >= 4 is 33.8 Å². The average molecular weight is 331 g/mol. The number of aryl methyl sites for hydroxylation is 1. The molecule has 0 aliphatic carbocycles. The summed E-state index contributed by atoms with van der Waals surface area (Å²) in [7, 11) is 0. The topological polar surface area (TPSA) is 70.7 Å². The lowest BCUT2D eigenvalue weighted by Gasteiger charge is -1.97. The van der Waals surface area contributed by atoms with E-state index in [0.717, 1.165) is 16.1 Å². The highest BCUT2D eigenvalue weighted by Crippen LogP contribution is 2.30. The lowest BCUT2D eigenvalue weighted by Crippen LogP contribution is -1.75. The van der Waals surface area contributed by atoms with Gasteiger partial charge in [0.05, 0.1) is 5.69 Å². The van der Waals surface area contributed by atoms with Crippen LogP contribution in [0.3, 0.4) is 0 Å². The Labute approximate surface area is 136 Å². The van der Waals surface area contributed by atoms with Crippen LogP contribution in [0.15, 0.2) is 52.7 Å². The zero-order valence-corrected chi connectivity index (χ0v) is 13.1. The molecule has 2 aromatic carbocycles. The number of phenolic OH excluding ortho intramolecular Hbond substituents is 1. The highest BCUT2D eigenvalue weighted by Gasteiger charge is 2.06. The smallest absolute Gasteiger partial charge is 0.252 e. The van der Waals surface area contributed by atoms with Crippen molar-refractivity contribution in [3.63, 3.8) is 0 Å². The summed E-state index contributed by atoms with van der Waals surface area (Å²) in [6, 6.07) is 12.4. The van der Waals surface area contributed by atoms with E-state index in [1.54, 1.807) is 37.3 Å². The van der Waals surface area contributed by atoms with Crippen LogP contribution in [0.25, 0.3) is 10.6 Å². The SMILES string of the molecule is Cc1cc(N=Nc2nnc(-c3ccc(Cl)cc3)s2)ccc1O. The fourth-order valence-corrected chi connectivity index (χ4v) is 2.57. The standard InChI is InChI=1S/C15H11ClN4OS/c1-9-8-12(6-7-13(9)21)17-19-15-20-18-14(22-15)10-2-4-11(16)5-3-10/h2-8,21H,1H3. The Kier molecular flexibility index (Phi) is 4.13. The summed E-state index contributed by atoms with van der Waals surface area (Å²) in [5, 5.41) is 27.6. The molecule has 0 spiro atoms. The third-order valence-corrected chi connectivity index (χ3v) is 4.05. The number of phenols is 1. The zero-order chi connectivity index (χ0) is 15.5. The fourth-order valence-electron chi connectivity index (χ4n) is 1.77. The second-order valence-corrected chi connectivity index (χ2v) is 5.96. The van der Waals surface area contributed by atoms with Gasteiger partial charge in [0.25, 0.3) is 5.13 Å². The molecule has 1 heterocycles. The van der Waals surface area contributed by atoms with Crippen LogP contribution in [-0.4, -0.2) is 15.3 Å². The normalized spacial score (nSPS) is 11.2. The summed E-state index contributed by atoms with van der Waals surface area (Å²) < 4.78 is 0. The van der Waals surface area contributed by atoms with Crippen LogP contribution in [0, 0.1) is 6.92 Å². The molecule has 5 nitrogen and oxygen atoms in total. The average Bonchev–Trinajstić information content (AvgIpc) is 2.98. The van der Waals surface area contributed by atoms with Gasteiger partial charge >= 0.3 is 0 Å². The number of nitrogens with zero attached hydrogens (tertiary/aromatic N) is 4. The van der Waals surface area contributed by atoms with Gasteiger partial charge in [-0.2, -0.15) is 0 Å². The number of aromatic hydroxyl groups is 1. The molecule has 3 rings (SSSR count). The first-order valence-electron chi connectivity index (χ1n) is 6.42. The predicted octanol–water partition coefficient (Wildman–Crippen LogP) is 5.29. The summed E-state index contributed by atoms with van der Waals surface area (Å²) in [5.41, 5.74) is 2.33. The molecule has 1 N–H and O–H groups in total. The maximum absolute atomic E-state index is 9.48. The Bertz CT molecular complexity index is 830. The van der Waals surface area contributed by atoms with Gasteiger partial charge < -0.3 is 5.11 Å². The molecule has 7 heteroatoms. The van der Waals surface area contributed by atoms with Crippen molar-refractivity contribution < 1.29 is 5.11 Å². The second-order valence-electron chi connectivity index (χ2n) is 4.57. The molecule has 0 bridgehead atoms. The number of hydrogen-bond donors (Lipinski definition) is 1. The molecule has 0 saturated heterocycles. The van der Waals surface area contributed by atoms with Gasteiger partial charge in [0.1, 0.15) is 10.8 Å². The Morgan fingerprint density at radius 1 is 1.05 bits per heavy atom. The molecule has 0 saturated carbocycles. The van der Waals surface area contributed by atoms with E-state index in [-0.39, 0.29) is 5.75 Å². The van der Waals surface area contributed by atoms with E-state index in [9.17, 15) is 5.11 Å². The van der Waals surface area contributed by atoms with Crippen molar-refractivity contribution in [1.82, 2.24) is 10.2 Å². The van der Waals surface area contributed by atoms with Crippen molar-refractivity contribution in [3.8, 4) is 16.3 Å². The van der Waals surface area contributed by atoms with Gasteiger partial charge in [-0.05, 0) is 42.8 Å². The molecule has 0 unspecified atom stereocenters. The van der Waals surface area contributed by atoms with Gasteiger partial charge in [0.15, 0.2) is 0 Å². The number of azo groups is 1. The van der Waals surface area contributed by atoms with E-state index in [1.165, 1.54) is 11.3 Å². The highest BCUT2D eigenvalue weighted by atomic mass is 35.5. The van der Waals surface area contributed by atoms with E-state index >= 15 is 0 Å². The third kappa shape index (κ3) is 3.29. The van der Waals surface area contributed by atoms with Gasteiger partial charge in [-0.25, -0.2) is 0 Å². The first-order valence-corrected chi connectivity index (χ1v) is 7.62. The van der Waals surface area contributed by atoms with Gasteiger partial charge in [0, 0.05) is 10.6 Å².